The number of thiazole rings is 1. The van der Waals surface area contributed by atoms with Gasteiger partial charge >= 0.3 is 0 Å². The highest BCUT2D eigenvalue weighted by atomic mass is 35.5. The molecule has 3 heterocycles. The number of aryl methyl sites for hydroxylation is 1. The summed E-state index contributed by atoms with van der Waals surface area (Å²) < 4.78 is 7.87. The van der Waals surface area contributed by atoms with Gasteiger partial charge in [-0.15, -0.1) is 5.10 Å². The van der Waals surface area contributed by atoms with E-state index in [9.17, 15) is 4.79 Å². The summed E-state index contributed by atoms with van der Waals surface area (Å²) in [6, 6.07) is 5.81. The Bertz CT molecular complexity index is 961. The van der Waals surface area contributed by atoms with Gasteiger partial charge in [-0.1, -0.05) is 29.0 Å². The highest BCUT2D eigenvalue weighted by Crippen LogP contribution is 2.33. The van der Waals surface area contributed by atoms with E-state index in [1.807, 2.05) is 23.1 Å². The van der Waals surface area contributed by atoms with Crippen LogP contribution in [0.5, 0.6) is 5.88 Å². The molecule has 1 saturated heterocycles. The zero-order valence-corrected chi connectivity index (χ0v) is 16.0. The third-order valence-corrected chi connectivity index (χ3v) is 5.80. The fraction of sp³-hybridized carbons (Fsp3) is 0.353. The van der Waals surface area contributed by atoms with Gasteiger partial charge in [0, 0.05) is 39.4 Å². The van der Waals surface area contributed by atoms with E-state index in [-0.39, 0.29) is 5.91 Å². The first-order chi connectivity index (χ1) is 12.6. The molecule has 4 rings (SSSR count). The molecule has 0 saturated carbocycles. The van der Waals surface area contributed by atoms with Crippen LogP contribution in [0.15, 0.2) is 24.4 Å². The number of amides is 1. The standard InChI is InChI=1S/C17H18ClN5O2S/c1-21-10-11(15(20-21)25-2)16(24)22-6-8-23(9-7-22)17-19-14-12(18)4-3-5-13(14)26-17/h3-5,10H,6-9H2,1-2H3. The molecule has 0 atom stereocenters. The van der Waals surface area contributed by atoms with Crippen molar-refractivity contribution in [2.45, 2.75) is 0 Å². The summed E-state index contributed by atoms with van der Waals surface area (Å²) in [5.74, 6) is 0.308. The van der Waals surface area contributed by atoms with Gasteiger partial charge in [0.25, 0.3) is 5.91 Å². The van der Waals surface area contributed by atoms with E-state index in [1.54, 1.807) is 29.3 Å². The minimum Gasteiger partial charge on any atom is -0.479 e. The van der Waals surface area contributed by atoms with Crippen LogP contribution in [0.25, 0.3) is 10.2 Å². The highest BCUT2D eigenvalue weighted by molar-refractivity contribution is 7.22. The number of aromatic nitrogens is 3. The van der Waals surface area contributed by atoms with E-state index < -0.39 is 0 Å². The number of fused-ring (bicyclic) bond motifs is 1. The Kier molecular flexibility index (Phi) is 4.46. The fourth-order valence-corrected chi connectivity index (χ4v) is 4.39. The lowest BCUT2D eigenvalue weighted by Gasteiger charge is -2.34. The van der Waals surface area contributed by atoms with Crippen LogP contribution in [0.3, 0.4) is 0 Å². The van der Waals surface area contributed by atoms with Crippen molar-refractivity contribution >= 4 is 44.2 Å². The minimum atomic E-state index is -0.0538. The Balaban J connectivity index is 1.48. The van der Waals surface area contributed by atoms with E-state index >= 15 is 0 Å². The number of piperazine rings is 1. The molecule has 0 radical (unpaired) electrons. The molecule has 1 fully saturated rings. The lowest BCUT2D eigenvalue weighted by atomic mass is 10.2. The predicted octanol–water partition coefficient (Wildman–Crippen LogP) is 2.65. The Labute approximate surface area is 159 Å². The zero-order valence-electron chi connectivity index (χ0n) is 14.5. The molecule has 0 aliphatic carbocycles. The molecule has 0 unspecified atom stereocenters. The van der Waals surface area contributed by atoms with Crippen LogP contribution in [-0.4, -0.2) is 58.9 Å². The molecule has 9 heteroatoms. The minimum absolute atomic E-state index is 0.0538. The van der Waals surface area contributed by atoms with Gasteiger partial charge in [0.15, 0.2) is 5.13 Å². The quantitative estimate of drug-likeness (QED) is 0.686. The number of halogens is 1. The van der Waals surface area contributed by atoms with Crippen LogP contribution < -0.4 is 9.64 Å². The first-order valence-electron chi connectivity index (χ1n) is 8.23. The Morgan fingerprint density at radius 1 is 1.27 bits per heavy atom. The number of anilines is 1. The maximum Gasteiger partial charge on any atom is 0.261 e. The summed E-state index contributed by atoms with van der Waals surface area (Å²) in [5, 5.41) is 5.77. The van der Waals surface area contributed by atoms with Crippen LogP contribution in [0.2, 0.25) is 5.02 Å². The third-order valence-electron chi connectivity index (χ3n) is 4.41. The number of nitrogens with zero attached hydrogens (tertiary/aromatic N) is 5. The molecule has 2 aromatic heterocycles. The molecule has 26 heavy (non-hydrogen) atoms. The SMILES string of the molecule is COc1nn(C)cc1C(=O)N1CCN(c2nc3c(Cl)cccc3s2)CC1. The van der Waals surface area contributed by atoms with E-state index in [2.05, 4.69) is 15.0 Å². The maximum atomic E-state index is 12.8. The molecule has 3 aromatic rings. The lowest BCUT2D eigenvalue weighted by molar-refractivity contribution is 0.0743. The van der Waals surface area contributed by atoms with Crippen molar-refractivity contribution in [1.82, 2.24) is 19.7 Å². The number of carbonyl (C=O) groups excluding carboxylic acids is 1. The smallest absolute Gasteiger partial charge is 0.261 e. The second kappa shape index (κ2) is 6.77. The summed E-state index contributed by atoms with van der Waals surface area (Å²) in [4.78, 5) is 21.5. The largest absolute Gasteiger partial charge is 0.479 e. The Morgan fingerprint density at radius 3 is 2.73 bits per heavy atom. The van der Waals surface area contributed by atoms with Gasteiger partial charge in [-0.25, -0.2) is 4.98 Å². The second-order valence-corrected chi connectivity index (χ2v) is 7.50. The summed E-state index contributed by atoms with van der Waals surface area (Å²) in [6.45, 7) is 2.71. The highest BCUT2D eigenvalue weighted by Gasteiger charge is 2.27. The monoisotopic (exact) mass is 391 g/mol. The molecular weight excluding hydrogens is 374 g/mol. The molecular formula is C17H18ClN5O2S. The lowest BCUT2D eigenvalue weighted by Crippen LogP contribution is -2.48. The molecule has 1 aromatic carbocycles. The topological polar surface area (TPSA) is 63.5 Å². The van der Waals surface area contributed by atoms with Crippen LogP contribution in [0, 0.1) is 0 Å². The summed E-state index contributed by atoms with van der Waals surface area (Å²) in [6.07, 6.45) is 1.70. The summed E-state index contributed by atoms with van der Waals surface area (Å²) in [5.41, 5.74) is 1.34. The Morgan fingerprint density at radius 2 is 2.04 bits per heavy atom. The molecule has 1 aliphatic heterocycles. The number of hydrogen-bond acceptors (Lipinski definition) is 6. The van der Waals surface area contributed by atoms with Gasteiger partial charge in [-0.2, -0.15) is 0 Å². The normalized spacial score (nSPS) is 14.9. The predicted molar refractivity (Wildman–Crippen MR) is 103 cm³/mol. The molecule has 0 spiro atoms. The van der Waals surface area contributed by atoms with Gasteiger partial charge in [0.1, 0.15) is 11.1 Å². The number of carbonyl (C=O) groups is 1. The third kappa shape index (κ3) is 2.99. The summed E-state index contributed by atoms with van der Waals surface area (Å²) in [7, 11) is 3.30. The maximum absolute atomic E-state index is 12.8. The second-order valence-electron chi connectivity index (χ2n) is 6.09. The van der Waals surface area contributed by atoms with Gasteiger partial charge in [0.05, 0.1) is 16.8 Å². The van der Waals surface area contributed by atoms with Crippen molar-refractivity contribution in [3.05, 3.63) is 35.0 Å². The van der Waals surface area contributed by atoms with E-state index in [0.29, 0.717) is 29.6 Å². The van der Waals surface area contributed by atoms with Gasteiger partial charge < -0.3 is 14.5 Å². The van der Waals surface area contributed by atoms with E-state index in [4.69, 9.17) is 16.3 Å². The molecule has 7 nitrogen and oxygen atoms in total. The number of rotatable bonds is 3. The molecule has 1 aliphatic rings. The Hall–Kier alpha value is -2.32. The van der Waals surface area contributed by atoms with Crippen LogP contribution in [-0.2, 0) is 7.05 Å². The van der Waals surface area contributed by atoms with Crippen LogP contribution >= 0.6 is 22.9 Å². The van der Waals surface area contributed by atoms with Crippen molar-refractivity contribution in [1.29, 1.82) is 0 Å². The number of benzene rings is 1. The van der Waals surface area contributed by atoms with Gasteiger partial charge in [0.2, 0.25) is 5.88 Å². The van der Waals surface area contributed by atoms with E-state index in [0.717, 1.165) is 28.4 Å². The average Bonchev–Trinajstić information content (AvgIpc) is 3.25. The van der Waals surface area contributed by atoms with Crippen molar-refractivity contribution in [2.75, 3.05) is 38.2 Å². The fourth-order valence-electron chi connectivity index (χ4n) is 3.08. The number of para-hydroxylation sites is 1. The number of ether oxygens (including phenoxy) is 1. The van der Waals surface area contributed by atoms with Gasteiger partial charge in [-0.05, 0) is 12.1 Å². The zero-order chi connectivity index (χ0) is 18.3. The molecule has 0 bridgehead atoms. The van der Waals surface area contributed by atoms with Crippen molar-refractivity contribution in [3.63, 3.8) is 0 Å². The molecule has 1 amide bonds. The van der Waals surface area contributed by atoms with Crippen molar-refractivity contribution < 1.29 is 9.53 Å². The molecule has 136 valence electrons. The summed E-state index contributed by atoms with van der Waals surface area (Å²) >= 11 is 7.85. The van der Waals surface area contributed by atoms with Crippen molar-refractivity contribution in [3.8, 4) is 5.88 Å². The first-order valence-corrected chi connectivity index (χ1v) is 9.43. The number of methoxy groups -OCH3 is 1. The first kappa shape index (κ1) is 17.1. The van der Waals surface area contributed by atoms with Gasteiger partial charge in [-0.3, -0.25) is 9.48 Å². The van der Waals surface area contributed by atoms with E-state index in [1.165, 1.54) is 7.11 Å². The average molecular weight is 392 g/mol. The molecule has 0 N–H and O–H groups in total. The van der Waals surface area contributed by atoms with Crippen LogP contribution in [0.1, 0.15) is 10.4 Å². The number of hydrogen-bond donors (Lipinski definition) is 0. The van der Waals surface area contributed by atoms with Crippen LogP contribution in [0.4, 0.5) is 5.13 Å². The van der Waals surface area contributed by atoms with Crippen molar-refractivity contribution in [2.24, 2.45) is 7.05 Å².